The third-order valence-corrected chi connectivity index (χ3v) is 5.16. The van der Waals surface area contributed by atoms with Gasteiger partial charge in [0, 0.05) is 24.1 Å². The third kappa shape index (κ3) is 3.19. The number of nitriles is 1. The van der Waals surface area contributed by atoms with Crippen molar-refractivity contribution in [2.75, 3.05) is 16.9 Å². The van der Waals surface area contributed by atoms with Crippen molar-refractivity contribution in [2.45, 2.75) is 23.8 Å². The SMILES string of the molecule is CS(=O)(=O)c1cccc(Nc2cc(NC3CC3)c3ncc(C#N)n3n2)c1. The Labute approximate surface area is 150 Å². The average Bonchev–Trinajstić information content (AvgIpc) is 3.31. The number of imidazole rings is 1. The number of hydrogen-bond donors (Lipinski definition) is 2. The fourth-order valence-electron chi connectivity index (χ4n) is 2.61. The number of nitrogens with zero attached hydrogens (tertiary/aromatic N) is 4. The van der Waals surface area contributed by atoms with E-state index < -0.39 is 9.84 Å². The van der Waals surface area contributed by atoms with Gasteiger partial charge in [-0.05, 0) is 31.0 Å². The second-order valence-electron chi connectivity index (χ2n) is 6.28. The zero-order valence-corrected chi connectivity index (χ0v) is 14.8. The summed E-state index contributed by atoms with van der Waals surface area (Å²) in [7, 11) is -3.30. The van der Waals surface area contributed by atoms with E-state index in [1.165, 1.54) is 17.0 Å². The van der Waals surface area contributed by atoms with E-state index in [0.717, 1.165) is 18.5 Å². The molecule has 0 saturated heterocycles. The number of aromatic nitrogens is 3. The van der Waals surface area contributed by atoms with Crippen molar-refractivity contribution in [3.8, 4) is 6.07 Å². The number of fused-ring (bicyclic) bond motifs is 1. The lowest BCUT2D eigenvalue weighted by Crippen LogP contribution is -2.08. The quantitative estimate of drug-likeness (QED) is 0.710. The molecule has 3 aromatic rings. The first-order valence-electron chi connectivity index (χ1n) is 8.06. The molecule has 1 fully saturated rings. The van der Waals surface area contributed by atoms with Crippen LogP contribution in [0.4, 0.5) is 17.2 Å². The van der Waals surface area contributed by atoms with Crippen molar-refractivity contribution in [3.63, 3.8) is 0 Å². The summed E-state index contributed by atoms with van der Waals surface area (Å²) in [6, 6.07) is 10.8. The van der Waals surface area contributed by atoms with Crippen LogP contribution in [-0.4, -0.2) is 35.3 Å². The number of hydrogen-bond acceptors (Lipinski definition) is 7. The van der Waals surface area contributed by atoms with E-state index in [-0.39, 0.29) is 4.90 Å². The Morgan fingerprint density at radius 2 is 2.12 bits per heavy atom. The van der Waals surface area contributed by atoms with Gasteiger partial charge < -0.3 is 10.6 Å². The highest BCUT2D eigenvalue weighted by atomic mass is 32.2. The van der Waals surface area contributed by atoms with Gasteiger partial charge in [0.1, 0.15) is 6.07 Å². The van der Waals surface area contributed by atoms with Crippen LogP contribution in [0.5, 0.6) is 0 Å². The van der Waals surface area contributed by atoms with Crippen molar-refractivity contribution in [1.82, 2.24) is 14.6 Å². The fourth-order valence-corrected chi connectivity index (χ4v) is 3.28. The van der Waals surface area contributed by atoms with Gasteiger partial charge in [-0.2, -0.15) is 9.78 Å². The lowest BCUT2D eigenvalue weighted by molar-refractivity contribution is 0.602. The molecule has 26 heavy (non-hydrogen) atoms. The smallest absolute Gasteiger partial charge is 0.178 e. The standard InChI is InChI=1S/C17H16N6O2S/c1-26(24,25)14-4-2-3-12(7-14)21-16-8-15(20-11-5-6-11)17-19-10-13(9-18)23(17)22-16/h2-4,7-8,10-11,20H,5-6H2,1H3,(H,21,22). The normalized spacial score (nSPS) is 14.2. The molecule has 2 aromatic heterocycles. The van der Waals surface area contributed by atoms with Gasteiger partial charge in [-0.15, -0.1) is 5.10 Å². The third-order valence-electron chi connectivity index (χ3n) is 4.05. The van der Waals surface area contributed by atoms with Crippen LogP contribution >= 0.6 is 0 Å². The maximum absolute atomic E-state index is 11.7. The first-order chi connectivity index (χ1) is 12.4. The molecule has 0 atom stereocenters. The molecule has 0 spiro atoms. The molecule has 2 N–H and O–H groups in total. The highest BCUT2D eigenvalue weighted by Crippen LogP contribution is 2.29. The predicted octanol–water partition coefficient (Wildman–Crippen LogP) is 2.32. The topological polar surface area (TPSA) is 112 Å². The molecule has 0 radical (unpaired) electrons. The van der Waals surface area contributed by atoms with Crippen molar-refractivity contribution in [2.24, 2.45) is 0 Å². The maximum atomic E-state index is 11.7. The molecule has 1 saturated carbocycles. The van der Waals surface area contributed by atoms with Gasteiger partial charge in [0.05, 0.1) is 16.8 Å². The zero-order chi connectivity index (χ0) is 18.3. The van der Waals surface area contributed by atoms with Crippen LogP contribution < -0.4 is 10.6 Å². The minimum atomic E-state index is -3.30. The fraction of sp³-hybridized carbons (Fsp3) is 0.235. The van der Waals surface area contributed by atoms with E-state index in [1.54, 1.807) is 24.3 Å². The molecule has 1 aliphatic carbocycles. The van der Waals surface area contributed by atoms with E-state index in [9.17, 15) is 13.7 Å². The summed E-state index contributed by atoms with van der Waals surface area (Å²) in [5.41, 5.74) is 2.29. The van der Waals surface area contributed by atoms with Gasteiger partial charge >= 0.3 is 0 Å². The molecule has 1 aromatic carbocycles. The molecule has 4 rings (SSSR count). The molecule has 0 bridgehead atoms. The van der Waals surface area contributed by atoms with E-state index in [4.69, 9.17) is 0 Å². The van der Waals surface area contributed by atoms with Crippen molar-refractivity contribution >= 4 is 32.7 Å². The molecule has 1 aliphatic rings. The van der Waals surface area contributed by atoms with Crippen LogP contribution in [0, 0.1) is 11.3 Å². The Bertz CT molecular complexity index is 1140. The molecule has 0 amide bonds. The van der Waals surface area contributed by atoms with Crippen molar-refractivity contribution in [3.05, 3.63) is 42.2 Å². The van der Waals surface area contributed by atoms with Crippen LogP contribution in [0.2, 0.25) is 0 Å². The number of anilines is 3. The molecule has 132 valence electrons. The zero-order valence-electron chi connectivity index (χ0n) is 14.0. The van der Waals surface area contributed by atoms with E-state index in [1.807, 2.05) is 6.07 Å². The number of sulfone groups is 1. The van der Waals surface area contributed by atoms with Crippen LogP contribution in [0.25, 0.3) is 5.65 Å². The molecule has 2 heterocycles. The maximum Gasteiger partial charge on any atom is 0.178 e. The van der Waals surface area contributed by atoms with Crippen LogP contribution in [0.15, 0.2) is 41.4 Å². The summed E-state index contributed by atoms with van der Waals surface area (Å²) in [6.45, 7) is 0. The largest absolute Gasteiger partial charge is 0.379 e. The minimum absolute atomic E-state index is 0.222. The molecular formula is C17H16N6O2S. The van der Waals surface area contributed by atoms with Crippen molar-refractivity contribution < 1.29 is 8.42 Å². The molecule has 8 nitrogen and oxygen atoms in total. The summed E-state index contributed by atoms with van der Waals surface area (Å²) in [5, 5.41) is 20.2. The molecule has 0 unspecified atom stereocenters. The minimum Gasteiger partial charge on any atom is -0.379 e. The van der Waals surface area contributed by atoms with Gasteiger partial charge in [-0.3, -0.25) is 0 Å². The summed E-state index contributed by atoms with van der Waals surface area (Å²) < 4.78 is 25.0. The first kappa shape index (κ1) is 16.4. The Hall–Kier alpha value is -3.12. The Morgan fingerprint density at radius 1 is 1.31 bits per heavy atom. The first-order valence-corrected chi connectivity index (χ1v) is 9.96. The lowest BCUT2D eigenvalue weighted by atomic mass is 10.3. The van der Waals surface area contributed by atoms with E-state index >= 15 is 0 Å². The Balaban J connectivity index is 1.75. The number of rotatable bonds is 5. The molecule has 9 heteroatoms. The highest BCUT2D eigenvalue weighted by molar-refractivity contribution is 7.90. The molecule has 0 aliphatic heterocycles. The monoisotopic (exact) mass is 368 g/mol. The average molecular weight is 368 g/mol. The number of nitrogens with one attached hydrogen (secondary N) is 2. The van der Waals surface area contributed by atoms with Crippen LogP contribution in [0.3, 0.4) is 0 Å². The second kappa shape index (κ2) is 6.00. The predicted molar refractivity (Wildman–Crippen MR) is 97.2 cm³/mol. The van der Waals surface area contributed by atoms with E-state index in [0.29, 0.717) is 28.9 Å². The Morgan fingerprint density at radius 3 is 2.81 bits per heavy atom. The van der Waals surface area contributed by atoms with Gasteiger partial charge in [0.15, 0.2) is 27.0 Å². The van der Waals surface area contributed by atoms with Crippen molar-refractivity contribution in [1.29, 1.82) is 5.26 Å². The lowest BCUT2D eigenvalue weighted by Gasteiger charge is -2.11. The second-order valence-corrected chi connectivity index (χ2v) is 8.29. The Kier molecular flexibility index (Phi) is 3.77. The van der Waals surface area contributed by atoms with Gasteiger partial charge in [0.25, 0.3) is 0 Å². The van der Waals surface area contributed by atoms with Gasteiger partial charge in [0.2, 0.25) is 0 Å². The van der Waals surface area contributed by atoms with Gasteiger partial charge in [-0.25, -0.2) is 13.4 Å². The summed E-state index contributed by atoms with van der Waals surface area (Å²) in [4.78, 5) is 4.50. The summed E-state index contributed by atoms with van der Waals surface area (Å²) >= 11 is 0. The van der Waals surface area contributed by atoms with E-state index in [2.05, 4.69) is 26.8 Å². The van der Waals surface area contributed by atoms with Crippen LogP contribution in [-0.2, 0) is 9.84 Å². The highest BCUT2D eigenvalue weighted by Gasteiger charge is 2.23. The summed E-state index contributed by atoms with van der Waals surface area (Å²) in [5.74, 6) is 0.487. The number of benzene rings is 1. The van der Waals surface area contributed by atoms with Crippen LogP contribution in [0.1, 0.15) is 18.5 Å². The van der Waals surface area contributed by atoms with Gasteiger partial charge in [-0.1, -0.05) is 6.07 Å². The summed E-state index contributed by atoms with van der Waals surface area (Å²) in [6.07, 6.45) is 4.84. The molecular weight excluding hydrogens is 352 g/mol.